The second kappa shape index (κ2) is 8.89. The van der Waals surface area contributed by atoms with E-state index in [1.165, 1.54) is 0 Å². The highest BCUT2D eigenvalue weighted by atomic mass is 16.5. The van der Waals surface area contributed by atoms with Gasteiger partial charge in [0, 0.05) is 30.6 Å². The zero-order chi connectivity index (χ0) is 25.6. The predicted octanol–water partition coefficient (Wildman–Crippen LogP) is 6.11. The Labute approximate surface area is 215 Å². The SMILES string of the molecule is Cc1cc(Nc2ncnc3ccc(CC4=NC(C)(C)CO4)cc23)ccc1Oc1ccc2c(c1)ncn2C. The summed E-state index contributed by atoms with van der Waals surface area (Å²) in [5, 5.41) is 4.40. The minimum Gasteiger partial charge on any atom is -0.478 e. The molecule has 0 unspecified atom stereocenters. The van der Waals surface area contributed by atoms with Crippen LogP contribution in [-0.2, 0) is 18.2 Å². The number of ether oxygens (including phenoxy) is 2. The van der Waals surface area contributed by atoms with E-state index in [-0.39, 0.29) is 5.54 Å². The van der Waals surface area contributed by atoms with Gasteiger partial charge in [0.25, 0.3) is 0 Å². The fourth-order valence-electron chi connectivity index (χ4n) is 4.53. The van der Waals surface area contributed by atoms with Gasteiger partial charge < -0.3 is 19.4 Å². The summed E-state index contributed by atoms with van der Waals surface area (Å²) in [4.78, 5) is 18.1. The molecule has 1 N–H and O–H groups in total. The first kappa shape index (κ1) is 23.0. The normalized spacial score (nSPS) is 14.5. The van der Waals surface area contributed by atoms with E-state index < -0.39 is 0 Å². The van der Waals surface area contributed by atoms with Gasteiger partial charge in [0.15, 0.2) is 5.90 Å². The Morgan fingerprint density at radius 3 is 2.70 bits per heavy atom. The number of aryl methyl sites for hydroxylation is 2. The van der Waals surface area contributed by atoms with Crippen molar-refractivity contribution in [1.82, 2.24) is 19.5 Å². The highest BCUT2D eigenvalue weighted by Gasteiger charge is 2.26. The molecule has 5 aromatic rings. The van der Waals surface area contributed by atoms with Crippen LogP contribution in [0.25, 0.3) is 21.9 Å². The molecule has 1 aliphatic heterocycles. The van der Waals surface area contributed by atoms with E-state index in [0.717, 1.165) is 62.0 Å². The summed E-state index contributed by atoms with van der Waals surface area (Å²) in [5.41, 5.74) is 5.70. The Morgan fingerprint density at radius 2 is 1.89 bits per heavy atom. The summed E-state index contributed by atoms with van der Waals surface area (Å²) in [6.07, 6.45) is 4.02. The summed E-state index contributed by atoms with van der Waals surface area (Å²) in [5.74, 6) is 3.05. The van der Waals surface area contributed by atoms with Gasteiger partial charge in [-0.25, -0.2) is 19.9 Å². The van der Waals surface area contributed by atoms with E-state index in [2.05, 4.69) is 57.3 Å². The smallest absolute Gasteiger partial charge is 0.188 e. The van der Waals surface area contributed by atoms with Crippen LogP contribution >= 0.6 is 0 Å². The number of nitrogens with one attached hydrogen (secondary N) is 1. The Morgan fingerprint density at radius 1 is 1.00 bits per heavy atom. The lowest BCUT2D eigenvalue weighted by molar-refractivity contribution is 0.275. The molecule has 0 fully saturated rings. The van der Waals surface area contributed by atoms with Crippen molar-refractivity contribution in [2.45, 2.75) is 32.7 Å². The van der Waals surface area contributed by atoms with Crippen molar-refractivity contribution in [1.29, 1.82) is 0 Å². The molecule has 186 valence electrons. The molecule has 0 saturated carbocycles. The van der Waals surface area contributed by atoms with E-state index in [1.807, 2.05) is 54.9 Å². The molecular weight excluding hydrogens is 464 g/mol. The topological polar surface area (TPSA) is 86.5 Å². The molecule has 1 aliphatic rings. The average molecular weight is 493 g/mol. The standard InChI is InChI=1S/C29H28N6O2/c1-18-11-20(6-10-26(18)37-21-7-9-25-24(14-21)32-17-35(25)4)33-28-22-12-19(5-8-23(22)30-16-31-28)13-27-34-29(2,3)15-36-27/h5-12,14,16-17H,13,15H2,1-4H3,(H,30,31,33). The fourth-order valence-corrected chi connectivity index (χ4v) is 4.53. The van der Waals surface area contributed by atoms with Gasteiger partial charge in [-0.05, 0) is 74.4 Å². The van der Waals surface area contributed by atoms with Gasteiger partial charge in [-0.3, -0.25) is 0 Å². The van der Waals surface area contributed by atoms with Crippen LogP contribution in [0.15, 0.2) is 72.2 Å². The van der Waals surface area contributed by atoms with Crippen LogP contribution < -0.4 is 10.1 Å². The minimum atomic E-state index is -0.166. The molecule has 0 radical (unpaired) electrons. The van der Waals surface area contributed by atoms with E-state index in [0.29, 0.717) is 13.0 Å². The second-order valence-corrected chi connectivity index (χ2v) is 10.1. The molecule has 8 heteroatoms. The van der Waals surface area contributed by atoms with Crippen molar-refractivity contribution >= 4 is 39.3 Å². The second-order valence-electron chi connectivity index (χ2n) is 10.1. The first-order valence-electron chi connectivity index (χ1n) is 12.2. The van der Waals surface area contributed by atoms with Crippen molar-refractivity contribution in [2.75, 3.05) is 11.9 Å². The highest BCUT2D eigenvalue weighted by Crippen LogP contribution is 2.31. The van der Waals surface area contributed by atoms with Crippen molar-refractivity contribution in [3.05, 3.63) is 78.4 Å². The summed E-state index contributed by atoms with van der Waals surface area (Å²) in [7, 11) is 1.98. The van der Waals surface area contributed by atoms with Gasteiger partial charge >= 0.3 is 0 Å². The predicted molar refractivity (Wildman–Crippen MR) is 146 cm³/mol. The Kier molecular flexibility index (Phi) is 5.52. The van der Waals surface area contributed by atoms with Gasteiger partial charge in [-0.2, -0.15) is 0 Å². The number of fused-ring (bicyclic) bond motifs is 2. The fraction of sp³-hybridized carbons (Fsp3) is 0.241. The maximum absolute atomic E-state index is 6.17. The minimum absolute atomic E-state index is 0.166. The van der Waals surface area contributed by atoms with Gasteiger partial charge in [0.05, 0.1) is 28.4 Å². The number of rotatable bonds is 6. The van der Waals surface area contributed by atoms with Crippen molar-refractivity contribution in [2.24, 2.45) is 12.0 Å². The lowest BCUT2D eigenvalue weighted by Gasteiger charge is -2.13. The molecule has 0 saturated heterocycles. The lowest BCUT2D eigenvalue weighted by Crippen LogP contribution is -2.17. The van der Waals surface area contributed by atoms with Gasteiger partial charge in [0.1, 0.15) is 30.3 Å². The molecule has 3 aromatic carbocycles. The van der Waals surface area contributed by atoms with Crippen LogP contribution in [0, 0.1) is 6.92 Å². The lowest BCUT2D eigenvalue weighted by atomic mass is 10.1. The summed E-state index contributed by atoms with van der Waals surface area (Å²) in [6.45, 7) is 6.80. The maximum Gasteiger partial charge on any atom is 0.188 e. The number of aliphatic imine (C=N–C) groups is 1. The number of nitrogens with zero attached hydrogens (tertiary/aromatic N) is 5. The third-order valence-electron chi connectivity index (χ3n) is 6.44. The Bertz CT molecular complexity index is 1670. The number of aromatic nitrogens is 4. The van der Waals surface area contributed by atoms with E-state index >= 15 is 0 Å². The molecule has 0 aliphatic carbocycles. The molecule has 6 rings (SSSR count). The largest absolute Gasteiger partial charge is 0.478 e. The molecule has 8 nitrogen and oxygen atoms in total. The molecular formula is C29H28N6O2. The van der Waals surface area contributed by atoms with Crippen LogP contribution in [-0.4, -0.2) is 37.6 Å². The first-order chi connectivity index (χ1) is 17.8. The maximum atomic E-state index is 6.17. The Balaban J connectivity index is 1.23. The van der Waals surface area contributed by atoms with Crippen LogP contribution in [0.4, 0.5) is 11.5 Å². The van der Waals surface area contributed by atoms with Crippen LogP contribution in [0.3, 0.4) is 0 Å². The quantitative estimate of drug-likeness (QED) is 0.308. The molecule has 3 heterocycles. The number of benzene rings is 3. The Hall–Kier alpha value is -4.46. The summed E-state index contributed by atoms with van der Waals surface area (Å²) in [6, 6.07) is 18.1. The number of hydrogen-bond acceptors (Lipinski definition) is 7. The zero-order valence-electron chi connectivity index (χ0n) is 21.3. The summed E-state index contributed by atoms with van der Waals surface area (Å²) >= 11 is 0. The third kappa shape index (κ3) is 4.70. The number of anilines is 2. The average Bonchev–Trinajstić information content (AvgIpc) is 3.41. The van der Waals surface area contributed by atoms with E-state index in [1.54, 1.807) is 12.7 Å². The van der Waals surface area contributed by atoms with E-state index in [9.17, 15) is 0 Å². The molecule has 0 bridgehead atoms. The van der Waals surface area contributed by atoms with Crippen LogP contribution in [0.5, 0.6) is 11.5 Å². The zero-order valence-corrected chi connectivity index (χ0v) is 21.3. The number of hydrogen-bond donors (Lipinski definition) is 1. The van der Waals surface area contributed by atoms with Crippen molar-refractivity contribution in [3.63, 3.8) is 0 Å². The molecule has 0 spiro atoms. The molecule has 0 amide bonds. The number of imidazole rings is 1. The molecule has 37 heavy (non-hydrogen) atoms. The van der Waals surface area contributed by atoms with Crippen molar-refractivity contribution in [3.8, 4) is 11.5 Å². The molecule has 0 atom stereocenters. The monoisotopic (exact) mass is 492 g/mol. The van der Waals surface area contributed by atoms with Gasteiger partial charge in [0.2, 0.25) is 0 Å². The van der Waals surface area contributed by atoms with Gasteiger partial charge in [-0.15, -0.1) is 0 Å². The van der Waals surface area contributed by atoms with E-state index in [4.69, 9.17) is 9.47 Å². The molecule has 2 aromatic heterocycles. The highest BCUT2D eigenvalue weighted by molar-refractivity contribution is 5.92. The summed E-state index contributed by atoms with van der Waals surface area (Å²) < 4.78 is 13.9. The van der Waals surface area contributed by atoms with Gasteiger partial charge in [-0.1, -0.05) is 6.07 Å². The van der Waals surface area contributed by atoms with Crippen LogP contribution in [0.1, 0.15) is 25.0 Å². The van der Waals surface area contributed by atoms with Crippen molar-refractivity contribution < 1.29 is 9.47 Å². The third-order valence-corrected chi connectivity index (χ3v) is 6.44. The first-order valence-corrected chi connectivity index (χ1v) is 12.2. The van der Waals surface area contributed by atoms with Crippen LogP contribution in [0.2, 0.25) is 0 Å².